The summed E-state index contributed by atoms with van der Waals surface area (Å²) in [6, 6.07) is 17.3. The fourth-order valence-corrected chi connectivity index (χ4v) is 2.87. The van der Waals surface area contributed by atoms with E-state index < -0.39 is 0 Å². The molecule has 0 unspecified atom stereocenters. The number of para-hydroxylation sites is 3. The van der Waals surface area contributed by atoms with Crippen LogP contribution in [0.5, 0.6) is 0 Å². The highest BCUT2D eigenvalue weighted by Gasteiger charge is 2.24. The molecule has 104 valence electrons. The molecule has 0 atom stereocenters. The number of hydrogen-bond acceptors (Lipinski definition) is 2. The van der Waals surface area contributed by atoms with Gasteiger partial charge in [0.1, 0.15) is 0 Å². The molecule has 0 saturated heterocycles. The van der Waals surface area contributed by atoms with Crippen molar-refractivity contribution in [2.24, 2.45) is 0 Å². The molecule has 0 aliphatic carbocycles. The monoisotopic (exact) mass is 266 g/mol. The molecule has 0 amide bonds. The molecular formula is C18H22N2. The lowest BCUT2D eigenvalue weighted by Gasteiger charge is -2.35. The summed E-state index contributed by atoms with van der Waals surface area (Å²) in [5.41, 5.74) is 5.37. The van der Waals surface area contributed by atoms with Crippen molar-refractivity contribution in [1.29, 1.82) is 0 Å². The molecule has 2 aromatic rings. The van der Waals surface area contributed by atoms with Crippen molar-refractivity contribution in [2.75, 3.05) is 23.3 Å². The lowest BCUT2D eigenvalue weighted by Crippen LogP contribution is -2.31. The maximum atomic E-state index is 3.48. The first-order valence-corrected chi connectivity index (χ1v) is 7.27. The summed E-state index contributed by atoms with van der Waals surface area (Å²) in [5.74, 6) is 0. The molecule has 2 nitrogen and oxygen atoms in total. The van der Waals surface area contributed by atoms with Crippen molar-refractivity contribution in [3.8, 4) is 0 Å². The summed E-state index contributed by atoms with van der Waals surface area (Å²) in [7, 11) is 0. The number of benzene rings is 2. The molecule has 1 aliphatic heterocycles. The lowest BCUT2D eigenvalue weighted by atomic mass is 9.85. The molecule has 20 heavy (non-hydrogen) atoms. The summed E-state index contributed by atoms with van der Waals surface area (Å²) >= 11 is 0. The van der Waals surface area contributed by atoms with Crippen molar-refractivity contribution in [1.82, 2.24) is 0 Å². The van der Waals surface area contributed by atoms with E-state index in [-0.39, 0.29) is 5.41 Å². The zero-order valence-electron chi connectivity index (χ0n) is 12.5. The van der Waals surface area contributed by atoms with Crippen molar-refractivity contribution in [3.05, 3.63) is 54.1 Å². The van der Waals surface area contributed by atoms with Crippen LogP contribution in [0.3, 0.4) is 0 Å². The normalized spacial score (nSPS) is 14.7. The van der Waals surface area contributed by atoms with Crippen LogP contribution in [0.1, 0.15) is 26.3 Å². The summed E-state index contributed by atoms with van der Waals surface area (Å²) < 4.78 is 0. The van der Waals surface area contributed by atoms with Crippen molar-refractivity contribution in [2.45, 2.75) is 26.2 Å². The Morgan fingerprint density at radius 1 is 0.900 bits per heavy atom. The molecule has 2 heteroatoms. The van der Waals surface area contributed by atoms with E-state index in [4.69, 9.17) is 0 Å². The van der Waals surface area contributed by atoms with E-state index in [0.29, 0.717) is 0 Å². The first-order chi connectivity index (χ1) is 9.57. The molecule has 0 aromatic heterocycles. The standard InChI is InChI=1S/C18H22N2/c1-18(2,3)14-8-4-6-10-16(14)20-13-12-19-15-9-5-7-11-17(15)20/h4-11,19H,12-13H2,1-3H3. The summed E-state index contributed by atoms with van der Waals surface area (Å²) in [5, 5.41) is 3.48. The largest absolute Gasteiger partial charge is 0.382 e. The summed E-state index contributed by atoms with van der Waals surface area (Å²) in [4.78, 5) is 2.44. The molecule has 0 spiro atoms. The van der Waals surface area contributed by atoms with Gasteiger partial charge in [0, 0.05) is 18.8 Å². The fourth-order valence-electron chi connectivity index (χ4n) is 2.87. The number of nitrogens with one attached hydrogen (secondary N) is 1. The molecule has 0 fully saturated rings. The second kappa shape index (κ2) is 4.86. The molecule has 1 heterocycles. The van der Waals surface area contributed by atoms with Gasteiger partial charge in [-0.15, -0.1) is 0 Å². The molecule has 0 radical (unpaired) electrons. The highest BCUT2D eigenvalue weighted by Crippen LogP contribution is 2.39. The Kier molecular flexibility index (Phi) is 3.17. The molecular weight excluding hydrogens is 244 g/mol. The highest BCUT2D eigenvalue weighted by atomic mass is 15.2. The van der Waals surface area contributed by atoms with Crippen LogP contribution in [0.4, 0.5) is 17.1 Å². The lowest BCUT2D eigenvalue weighted by molar-refractivity contribution is 0.589. The van der Waals surface area contributed by atoms with Crippen LogP contribution in [0.15, 0.2) is 48.5 Å². The second-order valence-electron chi connectivity index (χ2n) is 6.36. The van der Waals surface area contributed by atoms with E-state index >= 15 is 0 Å². The first-order valence-electron chi connectivity index (χ1n) is 7.27. The van der Waals surface area contributed by atoms with E-state index in [1.54, 1.807) is 0 Å². The Morgan fingerprint density at radius 3 is 2.30 bits per heavy atom. The third kappa shape index (κ3) is 2.26. The smallest absolute Gasteiger partial charge is 0.0647 e. The predicted octanol–water partition coefficient (Wildman–Crippen LogP) is 4.55. The molecule has 0 saturated carbocycles. The fraction of sp³-hybridized carbons (Fsp3) is 0.333. The van der Waals surface area contributed by atoms with Gasteiger partial charge in [-0.2, -0.15) is 0 Å². The highest BCUT2D eigenvalue weighted by molar-refractivity contribution is 5.79. The third-order valence-electron chi connectivity index (χ3n) is 3.85. The molecule has 2 aromatic carbocycles. The maximum Gasteiger partial charge on any atom is 0.0647 e. The Hall–Kier alpha value is -1.96. The number of rotatable bonds is 1. The quantitative estimate of drug-likeness (QED) is 0.814. The van der Waals surface area contributed by atoms with Gasteiger partial charge in [0.15, 0.2) is 0 Å². The Bertz CT molecular complexity index is 611. The number of nitrogens with zero attached hydrogens (tertiary/aromatic N) is 1. The molecule has 1 N–H and O–H groups in total. The average Bonchev–Trinajstić information content (AvgIpc) is 2.46. The van der Waals surface area contributed by atoms with Crippen molar-refractivity contribution >= 4 is 17.1 Å². The van der Waals surface area contributed by atoms with Gasteiger partial charge in [0.05, 0.1) is 11.4 Å². The Morgan fingerprint density at radius 2 is 1.55 bits per heavy atom. The van der Waals surface area contributed by atoms with Crippen LogP contribution in [0.2, 0.25) is 0 Å². The van der Waals surface area contributed by atoms with Gasteiger partial charge in [-0.3, -0.25) is 0 Å². The molecule has 0 bridgehead atoms. The van der Waals surface area contributed by atoms with E-state index in [1.165, 1.54) is 22.6 Å². The Labute approximate surface area is 121 Å². The number of hydrogen-bond donors (Lipinski definition) is 1. The molecule has 3 rings (SSSR count). The van der Waals surface area contributed by atoms with Gasteiger partial charge in [-0.05, 0) is 29.2 Å². The number of fused-ring (bicyclic) bond motifs is 1. The minimum absolute atomic E-state index is 0.149. The van der Waals surface area contributed by atoms with E-state index in [2.05, 4.69) is 79.5 Å². The van der Waals surface area contributed by atoms with Crippen molar-refractivity contribution in [3.63, 3.8) is 0 Å². The second-order valence-corrected chi connectivity index (χ2v) is 6.36. The van der Waals surface area contributed by atoms with Crippen LogP contribution in [-0.2, 0) is 5.41 Å². The Balaban J connectivity index is 2.12. The van der Waals surface area contributed by atoms with Gasteiger partial charge < -0.3 is 10.2 Å². The van der Waals surface area contributed by atoms with Gasteiger partial charge >= 0.3 is 0 Å². The van der Waals surface area contributed by atoms with Crippen LogP contribution in [-0.4, -0.2) is 13.1 Å². The van der Waals surface area contributed by atoms with Gasteiger partial charge in [-0.25, -0.2) is 0 Å². The SMILES string of the molecule is CC(C)(C)c1ccccc1N1CCNc2ccccc21. The minimum atomic E-state index is 0.149. The topological polar surface area (TPSA) is 15.3 Å². The van der Waals surface area contributed by atoms with Crippen LogP contribution in [0, 0.1) is 0 Å². The average molecular weight is 266 g/mol. The molecule has 1 aliphatic rings. The van der Waals surface area contributed by atoms with Gasteiger partial charge in [0.2, 0.25) is 0 Å². The van der Waals surface area contributed by atoms with E-state index in [1.807, 2.05) is 0 Å². The zero-order valence-corrected chi connectivity index (χ0v) is 12.5. The third-order valence-corrected chi connectivity index (χ3v) is 3.85. The zero-order chi connectivity index (χ0) is 14.2. The first kappa shape index (κ1) is 13.0. The predicted molar refractivity (Wildman–Crippen MR) is 87.1 cm³/mol. The van der Waals surface area contributed by atoms with E-state index in [0.717, 1.165) is 13.1 Å². The maximum absolute atomic E-state index is 3.48. The van der Waals surface area contributed by atoms with Crippen LogP contribution < -0.4 is 10.2 Å². The van der Waals surface area contributed by atoms with Crippen LogP contribution in [0.25, 0.3) is 0 Å². The van der Waals surface area contributed by atoms with Gasteiger partial charge in [0.25, 0.3) is 0 Å². The van der Waals surface area contributed by atoms with Crippen LogP contribution >= 0.6 is 0 Å². The summed E-state index contributed by atoms with van der Waals surface area (Å²) in [6.45, 7) is 8.82. The van der Waals surface area contributed by atoms with Crippen molar-refractivity contribution < 1.29 is 0 Å². The summed E-state index contributed by atoms with van der Waals surface area (Å²) in [6.07, 6.45) is 0. The van der Waals surface area contributed by atoms with E-state index in [9.17, 15) is 0 Å². The number of anilines is 3. The minimum Gasteiger partial charge on any atom is -0.382 e. The van der Waals surface area contributed by atoms with Gasteiger partial charge in [-0.1, -0.05) is 51.1 Å².